The molecule has 0 amide bonds. The van der Waals surface area contributed by atoms with Gasteiger partial charge in [0.15, 0.2) is 5.76 Å². The normalized spacial score (nSPS) is 10.7. The van der Waals surface area contributed by atoms with Gasteiger partial charge in [0.05, 0.1) is 7.14 Å². The Hall–Kier alpha value is -0.540. The number of anilines is 2. The molecular weight excluding hydrogens is 568 g/mol. The van der Waals surface area contributed by atoms with Gasteiger partial charge in [-0.3, -0.25) is 0 Å². The molecule has 0 aliphatic heterocycles. The molecule has 5 heteroatoms. The molecule has 0 aliphatic carbocycles. The molecule has 0 saturated carbocycles. The molecule has 112 valence electrons. The Balaban J connectivity index is 2.03. The zero-order chi connectivity index (χ0) is 15.7. The van der Waals surface area contributed by atoms with E-state index in [1.807, 2.05) is 37.4 Å². The maximum atomic E-state index is 6.18. The van der Waals surface area contributed by atoms with Crippen LogP contribution in [0, 0.1) is 7.14 Å². The Kier molecular flexibility index (Phi) is 5.13. The van der Waals surface area contributed by atoms with Crippen LogP contribution in [-0.4, -0.2) is 7.05 Å². The number of rotatable bonds is 3. The Morgan fingerprint density at radius 3 is 2.18 bits per heavy atom. The highest BCUT2D eigenvalue weighted by Gasteiger charge is 2.21. The Morgan fingerprint density at radius 1 is 0.909 bits per heavy atom. The van der Waals surface area contributed by atoms with Crippen molar-refractivity contribution < 1.29 is 4.42 Å². The van der Waals surface area contributed by atoms with Crippen LogP contribution in [0.4, 0.5) is 11.6 Å². The zero-order valence-corrected chi connectivity index (χ0v) is 17.6. The van der Waals surface area contributed by atoms with E-state index in [4.69, 9.17) is 4.42 Å². The van der Waals surface area contributed by atoms with Crippen LogP contribution >= 0.6 is 61.1 Å². The van der Waals surface area contributed by atoms with E-state index in [2.05, 4.69) is 90.3 Å². The Labute approximate surface area is 165 Å². The van der Waals surface area contributed by atoms with Crippen molar-refractivity contribution in [3.05, 3.63) is 66.2 Å². The molecule has 3 rings (SSSR count). The van der Waals surface area contributed by atoms with E-state index in [-0.39, 0.29) is 0 Å². The number of benzene rings is 2. The van der Waals surface area contributed by atoms with Crippen LogP contribution in [0.15, 0.2) is 63.5 Å². The van der Waals surface area contributed by atoms with Crippen LogP contribution in [-0.2, 0) is 0 Å². The molecule has 0 atom stereocenters. The number of hydrogen-bond donors (Lipinski definition) is 0. The smallest absolute Gasteiger partial charge is 0.214 e. The summed E-state index contributed by atoms with van der Waals surface area (Å²) >= 11 is 8.17. The lowest BCUT2D eigenvalue weighted by Gasteiger charge is -2.16. The van der Waals surface area contributed by atoms with Crippen molar-refractivity contribution in [3.8, 4) is 11.3 Å². The molecule has 0 bridgehead atoms. The standard InChI is InChI=1S/C17H12BrI2NO/c1-21(13-9-7-12(18)8-10-13)17-15(20)14(19)16(22-17)11-5-3-2-4-6-11/h2-10H,1H3. The maximum absolute atomic E-state index is 6.18. The molecule has 2 aromatic carbocycles. The molecule has 0 spiro atoms. The predicted octanol–water partition coefficient (Wildman–Crippen LogP) is 6.69. The zero-order valence-electron chi connectivity index (χ0n) is 11.7. The monoisotopic (exact) mass is 579 g/mol. The summed E-state index contributed by atoms with van der Waals surface area (Å²) in [7, 11) is 2.02. The van der Waals surface area contributed by atoms with E-state index >= 15 is 0 Å². The molecule has 0 saturated heterocycles. The van der Waals surface area contributed by atoms with Crippen LogP contribution < -0.4 is 4.90 Å². The summed E-state index contributed by atoms with van der Waals surface area (Å²) in [5.74, 6) is 1.79. The summed E-state index contributed by atoms with van der Waals surface area (Å²) in [4.78, 5) is 2.07. The van der Waals surface area contributed by atoms with Crippen molar-refractivity contribution in [2.24, 2.45) is 0 Å². The molecule has 0 unspecified atom stereocenters. The van der Waals surface area contributed by atoms with Gasteiger partial charge in [-0.1, -0.05) is 46.3 Å². The van der Waals surface area contributed by atoms with Crippen LogP contribution in [0.1, 0.15) is 0 Å². The van der Waals surface area contributed by atoms with Gasteiger partial charge >= 0.3 is 0 Å². The van der Waals surface area contributed by atoms with Crippen LogP contribution in [0.5, 0.6) is 0 Å². The molecule has 1 heterocycles. The first kappa shape index (κ1) is 16.3. The van der Waals surface area contributed by atoms with Crippen LogP contribution in [0.25, 0.3) is 11.3 Å². The fraction of sp³-hybridized carbons (Fsp3) is 0.0588. The molecular formula is C17H12BrI2NO. The van der Waals surface area contributed by atoms with Gasteiger partial charge in [-0.2, -0.15) is 0 Å². The summed E-state index contributed by atoms with van der Waals surface area (Å²) < 4.78 is 9.51. The van der Waals surface area contributed by atoms with Gasteiger partial charge in [0.1, 0.15) is 0 Å². The highest BCUT2D eigenvalue weighted by Crippen LogP contribution is 2.40. The third-order valence-corrected chi connectivity index (χ3v) is 6.92. The fourth-order valence-corrected chi connectivity index (χ4v) is 3.79. The average molecular weight is 580 g/mol. The van der Waals surface area contributed by atoms with Gasteiger partial charge in [0, 0.05) is 22.8 Å². The molecule has 3 aromatic rings. The van der Waals surface area contributed by atoms with E-state index in [0.717, 1.165) is 34.5 Å². The van der Waals surface area contributed by atoms with E-state index in [1.54, 1.807) is 0 Å². The van der Waals surface area contributed by atoms with Gasteiger partial charge in [0.25, 0.3) is 0 Å². The topological polar surface area (TPSA) is 16.4 Å². The molecule has 0 N–H and O–H groups in total. The first-order chi connectivity index (χ1) is 10.6. The summed E-state index contributed by atoms with van der Waals surface area (Å²) in [6, 6.07) is 18.4. The second-order valence-electron chi connectivity index (χ2n) is 4.77. The Morgan fingerprint density at radius 2 is 1.55 bits per heavy atom. The van der Waals surface area contributed by atoms with Crippen molar-refractivity contribution in [3.63, 3.8) is 0 Å². The summed E-state index contributed by atoms with van der Waals surface area (Å²) in [6.45, 7) is 0. The van der Waals surface area contributed by atoms with E-state index < -0.39 is 0 Å². The van der Waals surface area contributed by atoms with E-state index in [0.29, 0.717) is 0 Å². The van der Waals surface area contributed by atoms with Crippen molar-refractivity contribution >= 4 is 72.7 Å². The number of halogens is 3. The van der Waals surface area contributed by atoms with E-state index in [1.165, 1.54) is 0 Å². The van der Waals surface area contributed by atoms with Crippen LogP contribution in [0.2, 0.25) is 0 Å². The predicted molar refractivity (Wildman–Crippen MR) is 112 cm³/mol. The van der Waals surface area contributed by atoms with Gasteiger partial charge in [-0.25, -0.2) is 0 Å². The summed E-state index contributed by atoms with van der Waals surface area (Å²) in [6.07, 6.45) is 0. The average Bonchev–Trinajstić information content (AvgIpc) is 2.84. The minimum absolute atomic E-state index is 0.867. The number of nitrogens with zero attached hydrogens (tertiary/aromatic N) is 1. The van der Waals surface area contributed by atoms with Crippen LogP contribution in [0.3, 0.4) is 0 Å². The number of furan rings is 1. The van der Waals surface area contributed by atoms with Gasteiger partial charge in [-0.15, -0.1) is 0 Å². The SMILES string of the molecule is CN(c1ccc(Br)cc1)c1oc(-c2ccccc2)c(I)c1I. The first-order valence-corrected chi connectivity index (χ1v) is 9.55. The van der Waals surface area contributed by atoms with Gasteiger partial charge < -0.3 is 9.32 Å². The lowest BCUT2D eigenvalue weighted by Crippen LogP contribution is -2.09. The minimum Gasteiger partial charge on any atom is -0.438 e. The second-order valence-corrected chi connectivity index (χ2v) is 7.84. The lowest BCUT2D eigenvalue weighted by molar-refractivity contribution is 0.581. The molecule has 0 aliphatic rings. The van der Waals surface area contributed by atoms with Crippen molar-refractivity contribution in [1.29, 1.82) is 0 Å². The molecule has 2 nitrogen and oxygen atoms in total. The highest BCUT2D eigenvalue weighted by molar-refractivity contribution is 14.1. The van der Waals surface area contributed by atoms with Gasteiger partial charge in [-0.05, 0) is 69.4 Å². The molecule has 0 fully saturated rings. The largest absolute Gasteiger partial charge is 0.438 e. The number of hydrogen-bond acceptors (Lipinski definition) is 2. The summed E-state index contributed by atoms with van der Waals surface area (Å²) in [5, 5.41) is 0. The second kappa shape index (κ2) is 6.92. The lowest BCUT2D eigenvalue weighted by atomic mass is 10.2. The van der Waals surface area contributed by atoms with Crippen molar-refractivity contribution in [2.75, 3.05) is 11.9 Å². The van der Waals surface area contributed by atoms with Crippen molar-refractivity contribution in [1.82, 2.24) is 0 Å². The summed E-state index contributed by atoms with van der Waals surface area (Å²) in [5.41, 5.74) is 2.19. The molecule has 0 radical (unpaired) electrons. The fourth-order valence-electron chi connectivity index (χ4n) is 2.15. The van der Waals surface area contributed by atoms with Gasteiger partial charge in [0.2, 0.25) is 5.88 Å². The van der Waals surface area contributed by atoms with Crippen molar-refractivity contribution in [2.45, 2.75) is 0 Å². The first-order valence-electron chi connectivity index (χ1n) is 6.60. The third kappa shape index (κ3) is 3.21. The quantitative estimate of drug-likeness (QED) is 0.322. The minimum atomic E-state index is 0.867. The third-order valence-electron chi connectivity index (χ3n) is 3.33. The Bertz CT molecular complexity index is 784. The maximum Gasteiger partial charge on any atom is 0.214 e. The highest BCUT2D eigenvalue weighted by atomic mass is 127. The van der Waals surface area contributed by atoms with E-state index in [9.17, 15) is 0 Å². The molecule has 1 aromatic heterocycles. The molecule has 22 heavy (non-hydrogen) atoms.